The highest BCUT2D eigenvalue weighted by Gasteiger charge is 2.32. The van der Waals surface area contributed by atoms with Gasteiger partial charge in [-0.2, -0.15) is 13.2 Å². The fraction of sp³-hybridized carbons (Fsp3) is 0.200. The van der Waals surface area contributed by atoms with Gasteiger partial charge in [0.15, 0.2) is 0 Å². The molecule has 20 heavy (non-hydrogen) atoms. The van der Waals surface area contributed by atoms with Gasteiger partial charge in [-0.05, 0) is 36.2 Å². The smallest absolute Gasteiger partial charge is 0.399 e. The molecule has 2 N–H and O–H groups in total. The summed E-state index contributed by atoms with van der Waals surface area (Å²) in [5.74, 6) is 0.264. The van der Waals surface area contributed by atoms with E-state index < -0.39 is 11.7 Å². The molecule has 0 aromatic heterocycles. The monoisotopic (exact) mass is 297 g/mol. The number of thioether (sulfide) groups is 1. The predicted molar refractivity (Wildman–Crippen MR) is 76.6 cm³/mol. The highest BCUT2D eigenvalue weighted by molar-refractivity contribution is 7.98. The van der Waals surface area contributed by atoms with Gasteiger partial charge in [0.25, 0.3) is 0 Å². The first-order valence-electron chi connectivity index (χ1n) is 6.02. The van der Waals surface area contributed by atoms with Crippen molar-refractivity contribution < 1.29 is 13.2 Å². The minimum atomic E-state index is -4.32. The molecule has 2 rings (SSSR count). The van der Waals surface area contributed by atoms with Crippen LogP contribution in [0.2, 0.25) is 0 Å². The van der Waals surface area contributed by atoms with Crippen LogP contribution in [0.4, 0.5) is 18.9 Å². The van der Waals surface area contributed by atoms with E-state index in [0.29, 0.717) is 5.69 Å². The SMILES string of the molecule is Cc1ccc(N)cc1SCc1ccccc1C(F)(F)F. The normalized spacial score (nSPS) is 11.6. The van der Waals surface area contributed by atoms with Crippen LogP contribution < -0.4 is 5.73 Å². The molecule has 106 valence electrons. The third-order valence-corrected chi connectivity index (χ3v) is 4.12. The van der Waals surface area contributed by atoms with Crippen LogP contribution in [0, 0.1) is 6.92 Å². The summed E-state index contributed by atoms with van der Waals surface area (Å²) in [7, 11) is 0. The quantitative estimate of drug-likeness (QED) is 0.645. The highest BCUT2D eigenvalue weighted by Crippen LogP contribution is 2.35. The van der Waals surface area contributed by atoms with E-state index in [2.05, 4.69) is 0 Å². The van der Waals surface area contributed by atoms with Crippen molar-refractivity contribution in [1.82, 2.24) is 0 Å². The maximum absolute atomic E-state index is 12.9. The molecule has 0 aliphatic rings. The second kappa shape index (κ2) is 5.79. The summed E-state index contributed by atoms with van der Waals surface area (Å²) in [6, 6.07) is 11.1. The second-order valence-electron chi connectivity index (χ2n) is 4.47. The zero-order valence-electron chi connectivity index (χ0n) is 10.9. The maximum Gasteiger partial charge on any atom is 0.416 e. The molecule has 1 nitrogen and oxygen atoms in total. The molecule has 0 radical (unpaired) electrons. The molecule has 0 heterocycles. The fourth-order valence-corrected chi connectivity index (χ4v) is 2.93. The van der Waals surface area contributed by atoms with Gasteiger partial charge in [-0.25, -0.2) is 0 Å². The Morgan fingerprint density at radius 1 is 1.10 bits per heavy atom. The van der Waals surface area contributed by atoms with Crippen molar-refractivity contribution >= 4 is 17.4 Å². The number of hydrogen-bond donors (Lipinski definition) is 1. The Kier molecular flexibility index (Phi) is 4.28. The van der Waals surface area contributed by atoms with Crippen molar-refractivity contribution in [1.29, 1.82) is 0 Å². The first-order chi connectivity index (χ1) is 9.38. The number of benzene rings is 2. The molecule has 0 aliphatic heterocycles. The van der Waals surface area contributed by atoms with Crippen LogP contribution in [0.25, 0.3) is 0 Å². The van der Waals surface area contributed by atoms with Crippen molar-refractivity contribution in [3.8, 4) is 0 Å². The lowest BCUT2D eigenvalue weighted by Gasteiger charge is -2.13. The number of anilines is 1. The van der Waals surface area contributed by atoms with Gasteiger partial charge in [-0.15, -0.1) is 11.8 Å². The highest BCUT2D eigenvalue weighted by atomic mass is 32.2. The predicted octanol–water partition coefficient (Wildman–Crippen LogP) is 4.89. The van der Waals surface area contributed by atoms with E-state index in [1.165, 1.54) is 23.9 Å². The Morgan fingerprint density at radius 3 is 2.50 bits per heavy atom. The Morgan fingerprint density at radius 2 is 1.80 bits per heavy atom. The van der Waals surface area contributed by atoms with Gasteiger partial charge in [0, 0.05) is 16.3 Å². The Labute approximate surface area is 120 Å². The number of nitrogen functional groups attached to an aromatic ring is 1. The van der Waals surface area contributed by atoms with E-state index in [9.17, 15) is 13.2 Å². The van der Waals surface area contributed by atoms with E-state index in [4.69, 9.17) is 5.73 Å². The average molecular weight is 297 g/mol. The molecular weight excluding hydrogens is 283 g/mol. The van der Waals surface area contributed by atoms with Crippen LogP contribution in [0.1, 0.15) is 16.7 Å². The third kappa shape index (κ3) is 3.48. The number of alkyl halides is 3. The molecule has 0 aliphatic carbocycles. The Hall–Kier alpha value is -1.62. The molecular formula is C15H14F3NS. The van der Waals surface area contributed by atoms with E-state index in [-0.39, 0.29) is 11.3 Å². The molecule has 5 heteroatoms. The summed E-state index contributed by atoms with van der Waals surface area (Å²) in [6.07, 6.45) is -4.32. The molecule has 0 amide bonds. The van der Waals surface area contributed by atoms with Crippen LogP contribution in [0.5, 0.6) is 0 Å². The summed E-state index contributed by atoms with van der Waals surface area (Å²) in [6.45, 7) is 1.91. The zero-order chi connectivity index (χ0) is 14.8. The number of hydrogen-bond acceptors (Lipinski definition) is 2. The van der Waals surface area contributed by atoms with Crippen molar-refractivity contribution in [2.24, 2.45) is 0 Å². The molecule has 2 aromatic carbocycles. The molecule has 0 spiro atoms. The zero-order valence-corrected chi connectivity index (χ0v) is 11.7. The molecule has 0 saturated carbocycles. The van der Waals surface area contributed by atoms with Gasteiger partial charge in [-0.1, -0.05) is 24.3 Å². The number of nitrogens with two attached hydrogens (primary N) is 1. The van der Waals surface area contributed by atoms with E-state index in [1.54, 1.807) is 18.2 Å². The fourth-order valence-electron chi connectivity index (χ4n) is 1.85. The second-order valence-corrected chi connectivity index (χ2v) is 5.49. The number of halogens is 3. The van der Waals surface area contributed by atoms with Gasteiger partial charge in [0.05, 0.1) is 5.56 Å². The van der Waals surface area contributed by atoms with Crippen LogP contribution in [-0.4, -0.2) is 0 Å². The van der Waals surface area contributed by atoms with Gasteiger partial charge < -0.3 is 5.73 Å². The summed E-state index contributed by atoms with van der Waals surface area (Å²) < 4.78 is 38.7. The minimum absolute atomic E-state index is 0.264. The number of rotatable bonds is 3. The third-order valence-electron chi connectivity index (χ3n) is 2.92. The van der Waals surface area contributed by atoms with Gasteiger partial charge in [0.2, 0.25) is 0 Å². The van der Waals surface area contributed by atoms with Gasteiger partial charge in [-0.3, -0.25) is 0 Å². The molecule has 0 saturated heterocycles. The lowest BCUT2D eigenvalue weighted by Crippen LogP contribution is -2.08. The minimum Gasteiger partial charge on any atom is -0.399 e. The summed E-state index contributed by atoms with van der Waals surface area (Å²) >= 11 is 1.36. The molecule has 0 fully saturated rings. The molecule has 2 aromatic rings. The van der Waals surface area contributed by atoms with E-state index in [0.717, 1.165) is 16.5 Å². The first kappa shape index (κ1) is 14.8. The Balaban J connectivity index is 2.21. The van der Waals surface area contributed by atoms with Crippen molar-refractivity contribution in [3.63, 3.8) is 0 Å². The lowest BCUT2D eigenvalue weighted by atomic mass is 10.1. The summed E-state index contributed by atoms with van der Waals surface area (Å²) in [4.78, 5) is 0.905. The van der Waals surface area contributed by atoms with E-state index in [1.807, 2.05) is 13.0 Å². The van der Waals surface area contributed by atoms with Crippen LogP contribution >= 0.6 is 11.8 Å². The average Bonchev–Trinajstić information content (AvgIpc) is 2.39. The molecule has 0 atom stereocenters. The van der Waals surface area contributed by atoms with Crippen LogP contribution in [0.3, 0.4) is 0 Å². The topological polar surface area (TPSA) is 26.0 Å². The lowest BCUT2D eigenvalue weighted by molar-refractivity contribution is -0.138. The van der Waals surface area contributed by atoms with E-state index >= 15 is 0 Å². The van der Waals surface area contributed by atoms with Crippen LogP contribution in [0.15, 0.2) is 47.4 Å². The number of aryl methyl sites for hydroxylation is 1. The maximum atomic E-state index is 12.9. The first-order valence-corrected chi connectivity index (χ1v) is 7.00. The standard InChI is InChI=1S/C15H14F3NS/c1-10-6-7-12(19)8-14(10)20-9-11-4-2-3-5-13(11)15(16,17)18/h2-8H,9,19H2,1H3. The Bertz CT molecular complexity index is 608. The van der Waals surface area contributed by atoms with Crippen molar-refractivity contribution in [2.45, 2.75) is 23.7 Å². The summed E-state index contributed by atoms with van der Waals surface area (Å²) in [5.41, 5.74) is 7.03. The van der Waals surface area contributed by atoms with Crippen molar-refractivity contribution in [3.05, 3.63) is 59.2 Å². The van der Waals surface area contributed by atoms with Crippen molar-refractivity contribution in [2.75, 3.05) is 5.73 Å². The largest absolute Gasteiger partial charge is 0.416 e. The van der Waals surface area contributed by atoms with Gasteiger partial charge in [0.1, 0.15) is 0 Å². The van der Waals surface area contributed by atoms with Gasteiger partial charge >= 0.3 is 6.18 Å². The molecule has 0 unspecified atom stereocenters. The van der Waals surface area contributed by atoms with Crippen LogP contribution in [-0.2, 0) is 11.9 Å². The summed E-state index contributed by atoms with van der Waals surface area (Å²) in [5, 5.41) is 0. The molecule has 0 bridgehead atoms.